The molecular weight excluding hydrogens is 500 g/mol. The number of aryl methyl sites for hydroxylation is 1. The van der Waals surface area contributed by atoms with Crippen molar-refractivity contribution in [2.45, 2.75) is 38.0 Å². The normalized spacial score (nSPS) is 10.9. The Bertz CT molecular complexity index is 1450. The van der Waals surface area contributed by atoms with Crippen LogP contribution in [0.15, 0.2) is 64.5 Å². The number of carbonyl (C=O) groups is 2. The van der Waals surface area contributed by atoms with Gasteiger partial charge in [0.05, 0.1) is 16.7 Å². The van der Waals surface area contributed by atoms with E-state index >= 15 is 0 Å². The second-order valence-electron chi connectivity index (χ2n) is 8.15. The van der Waals surface area contributed by atoms with Crippen LogP contribution in [0.2, 0.25) is 5.02 Å². The summed E-state index contributed by atoms with van der Waals surface area (Å²) in [5.74, 6) is 0.0998. The quantitative estimate of drug-likeness (QED) is 0.213. The molecule has 4 aromatic rings. The van der Waals surface area contributed by atoms with Crippen LogP contribution in [0.5, 0.6) is 0 Å². The number of rotatable bonds is 10. The van der Waals surface area contributed by atoms with Crippen LogP contribution in [-0.4, -0.2) is 37.3 Å². The van der Waals surface area contributed by atoms with E-state index in [1.54, 1.807) is 36.4 Å². The summed E-state index contributed by atoms with van der Waals surface area (Å²) in [6.45, 7) is 2.51. The van der Waals surface area contributed by atoms with Crippen LogP contribution < -0.4 is 16.2 Å². The molecule has 0 bridgehead atoms. The summed E-state index contributed by atoms with van der Waals surface area (Å²) in [6, 6.07) is 16.1. The van der Waals surface area contributed by atoms with Gasteiger partial charge in [0.25, 0.3) is 5.56 Å². The van der Waals surface area contributed by atoms with Crippen molar-refractivity contribution < 1.29 is 9.59 Å². The Balaban J connectivity index is 1.40. The van der Waals surface area contributed by atoms with Gasteiger partial charge >= 0.3 is 0 Å². The van der Waals surface area contributed by atoms with Crippen molar-refractivity contribution in [1.29, 1.82) is 0 Å². The Labute approximate surface area is 216 Å². The summed E-state index contributed by atoms with van der Waals surface area (Å²) in [4.78, 5) is 42.6. The van der Waals surface area contributed by atoms with Gasteiger partial charge in [-0.25, -0.2) is 4.98 Å². The third-order valence-electron chi connectivity index (χ3n) is 5.30. The number of hydrogen-bond donors (Lipinski definition) is 3. The molecule has 0 spiro atoms. The fourth-order valence-corrected chi connectivity index (χ4v) is 4.62. The van der Waals surface area contributed by atoms with E-state index in [-0.39, 0.29) is 29.5 Å². The predicted octanol–water partition coefficient (Wildman–Crippen LogP) is 3.91. The van der Waals surface area contributed by atoms with E-state index < -0.39 is 0 Å². The molecule has 36 heavy (non-hydrogen) atoms. The smallest absolute Gasteiger partial charge is 0.262 e. The zero-order chi connectivity index (χ0) is 25.5. The largest absolute Gasteiger partial charge is 0.352 e. The SMILES string of the molecule is Cc1cc(NC(=O)CSc2nc3ccccc3c(=O)n2CCCC(=O)NCc2cccc(Cl)c2)n[nH]1. The molecule has 2 aromatic carbocycles. The summed E-state index contributed by atoms with van der Waals surface area (Å²) in [6.07, 6.45) is 0.677. The number of nitrogens with one attached hydrogen (secondary N) is 3. The molecule has 9 nitrogen and oxygen atoms in total. The van der Waals surface area contributed by atoms with Gasteiger partial charge in [0, 0.05) is 36.3 Å². The Kier molecular flexibility index (Phi) is 8.40. The van der Waals surface area contributed by atoms with Gasteiger partial charge in [0.15, 0.2) is 11.0 Å². The molecule has 0 aliphatic rings. The molecule has 0 atom stereocenters. The molecule has 4 rings (SSSR count). The standard InChI is InChI=1S/C25H25ClN6O3S/c1-16-12-21(31-30-16)29-23(34)15-36-25-28-20-9-3-2-8-19(20)24(35)32(25)11-5-10-22(33)27-14-17-6-4-7-18(26)13-17/h2-4,6-9,12-13H,5,10-11,14-15H2,1H3,(H,27,33)(H2,29,30,31,34). The number of halogens is 1. The van der Waals surface area contributed by atoms with Crippen LogP contribution >= 0.6 is 23.4 Å². The number of amides is 2. The second kappa shape index (κ2) is 11.9. The number of fused-ring (bicyclic) bond motifs is 1. The molecule has 3 N–H and O–H groups in total. The molecule has 0 aliphatic heterocycles. The second-order valence-corrected chi connectivity index (χ2v) is 9.53. The minimum absolute atomic E-state index is 0.0524. The molecule has 2 aromatic heterocycles. The van der Waals surface area contributed by atoms with Crippen LogP contribution in [0.4, 0.5) is 5.82 Å². The number of carbonyl (C=O) groups excluding carboxylic acids is 2. The number of H-pyrrole nitrogens is 1. The molecule has 0 saturated heterocycles. The van der Waals surface area contributed by atoms with E-state index in [9.17, 15) is 14.4 Å². The summed E-state index contributed by atoms with van der Waals surface area (Å²) < 4.78 is 1.53. The minimum atomic E-state index is -0.263. The maximum absolute atomic E-state index is 13.2. The number of aromatic nitrogens is 4. The Morgan fingerprint density at radius 3 is 2.72 bits per heavy atom. The highest BCUT2D eigenvalue weighted by molar-refractivity contribution is 7.99. The van der Waals surface area contributed by atoms with E-state index in [4.69, 9.17) is 11.6 Å². The number of para-hydroxylation sites is 1. The zero-order valence-corrected chi connectivity index (χ0v) is 21.2. The van der Waals surface area contributed by atoms with Crippen molar-refractivity contribution in [3.63, 3.8) is 0 Å². The maximum atomic E-state index is 13.2. The van der Waals surface area contributed by atoms with E-state index in [1.165, 1.54) is 16.3 Å². The highest BCUT2D eigenvalue weighted by Gasteiger charge is 2.14. The number of anilines is 1. The van der Waals surface area contributed by atoms with Crippen LogP contribution in [0, 0.1) is 6.92 Å². The van der Waals surface area contributed by atoms with Gasteiger partial charge in [-0.15, -0.1) is 0 Å². The first-order valence-corrected chi connectivity index (χ1v) is 12.7. The Morgan fingerprint density at radius 2 is 1.94 bits per heavy atom. The number of hydrogen-bond acceptors (Lipinski definition) is 6. The third kappa shape index (κ3) is 6.73. The van der Waals surface area contributed by atoms with Crippen molar-refractivity contribution in [3.05, 3.63) is 81.2 Å². The lowest BCUT2D eigenvalue weighted by atomic mass is 10.2. The number of thioether (sulfide) groups is 1. The molecule has 2 amide bonds. The lowest BCUT2D eigenvalue weighted by Crippen LogP contribution is -2.26. The van der Waals surface area contributed by atoms with Crippen molar-refractivity contribution in [2.24, 2.45) is 0 Å². The van der Waals surface area contributed by atoms with E-state index in [2.05, 4.69) is 25.8 Å². The van der Waals surface area contributed by atoms with E-state index in [0.29, 0.717) is 46.4 Å². The monoisotopic (exact) mass is 524 g/mol. The Morgan fingerprint density at radius 1 is 1.11 bits per heavy atom. The van der Waals surface area contributed by atoms with Gasteiger partial charge in [0.1, 0.15) is 0 Å². The van der Waals surface area contributed by atoms with Crippen LogP contribution in [0.25, 0.3) is 10.9 Å². The third-order valence-corrected chi connectivity index (χ3v) is 6.51. The summed E-state index contributed by atoms with van der Waals surface area (Å²) in [5, 5.41) is 13.9. The van der Waals surface area contributed by atoms with Gasteiger partial charge in [-0.05, 0) is 43.2 Å². The van der Waals surface area contributed by atoms with Crippen molar-refractivity contribution >= 4 is 51.9 Å². The molecule has 0 saturated carbocycles. The maximum Gasteiger partial charge on any atom is 0.262 e. The van der Waals surface area contributed by atoms with Crippen LogP contribution in [0.1, 0.15) is 24.1 Å². The van der Waals surface area contributed by atoms with Gasteiger partial charge in [-0.2, -0.15) is 5.10 Å². The van der Waals surface area contributed by atoms with Crippen molar-refractivity contribution in [2.75, 3.05) is 11.1 Å². The average molecular weight is 525 g/mol. The van der Waals surface area contributed by atoms with Crippen LogP contribution in [0.3, 0.4) is 0 Å². The lowest BCUT2D eigenvalue weighted by Gasteiger charge is -2.13. The van der Waals surface area contributed by atoms with Crippen molar-refractivity contribution in [1.82, 2.24) is 25.1 Å². The predicted molar refractivity (Wildman–Crippen MR) is 141 cm³/mol. The minimum Gasteiger partial charge on any atom is -0.352 e. The molecule has 0 fully saturated rings. The van der Waals surface area contributed by atoms with Gasteiger partial charge in [-0.1, -0.05) is 47.6 Å². The molecule has 0 unspecified atom stereocenters. The molecule has 0 radical (unpaired) electrons. The molecule has 0 aliphatic carbocycles. The topological polar surface area (TPSA) is 122 Å². The first-order chi connectivity index (χ1) is 17.4. The highest BCUT2D eigenvalue weighted by atomic mass is 35.5. The molecule has 186 valence electrons. The van der Waals surface area contributed by atoms with Gasteiger partial charge in [0.2, 0.25) is 11.8 Å². The first kappa shape index (κ1) is 25.5. The van der Waals surface area contributed by atoms with Gasteiger partial charge in [-0.3, -0.25) is 24.0 Å². The van der Waals surface area contributed by atoms with E-state index in [1.807, 2.05) is 25.1 Å². The van der Waals surface area contributed by atoms with Gasteiger partial charge < -0.3 is 10.6 Å². The summed E-state index contributed by atoms with van der Waals surface area (Å²) in [5.41, 5.74) is 2.10. The summed E-state index contributed by atoms with van der Waals surface area (Å²) in [7, 11) is 0. The summed E-state index contributed by atoms with van der Waals surface area (Å²) >= 11 is 7.15. The van der Waals surface area contributed by atoms with Crippen LogP contribution in [-0.2, 0) is 22.7 Å². The van der Waals surface area contributed by atoms with E-state index in [0.717, 1.165) is 11.3 Å². The lowest BCUT2D eigenvalue weighted by molar-refractivity contribution is -0.121. The number of benzene rings is 2. The average Bonchev–Trinajstić information content (AvgIpc) is 3.27. The Hall–Kier alpha value is -3.63. The first-order valence-electron chi connectivity index (χ1n) is 11.3. The molecule has 11 heteroatoms. The fraction of sp³-hybridized carbons (Fsp3) is 0.240. The zero-order valence-electron chi connectivity index (χ0n) is 19.6. The fourth-order valence-electron chi connectivity index (χ4n) is 3.58. The van der Waals surface area contributed by atoms with Crippen molar-refractivity contribution in [3.8, 4) is 0 Å². The molecule has 2 heterocycles. The number of nitrogens with zero attached hydrogens (tertiary/aromatic N) is 3. The highest BCUT2D eigenvalue weighted by Crippen LogP contribution is 2.19. The number of aromatic amines is 1. The molecular formula is C25H25ClN6O3S.